The van der Waals surface area contributed by atoms with E-state index < -0.39 is 26.8 Å². The number of pyridine rings is 1. The van der Waals surface area contributed by atoms with Crippen LogP contribution in [0.3, 0.4) is 0 Å². The smallest absolute Gasteiger partial charge is 0.416 e. The van der Waals surface area contributed by atoms with Crippen LogP contribution >= 0.6 is 0 Å². The number of methoxy groups -OCH3 is 1. The molecule has 0 atom stereocenters. The molecule has 1 saturated carbocycles. The van der Waals surface area contributed by atoms with Crippen molar-refractivity contribution in [2.24, 2.45) is 5.41 Å². The number of sulfone groups is 1. The number of carbonyl (C=O) groups excluding carboxylic acids is 1. The van der Waals surface area contributed by atoms with Gasteiger partial charge in [0.2, 0.25) is 5.88 Å². The van der Waals surface area contributed by atoms with Gasteiger partial charge in [0.15, 0.2) is 9.84 Å². The van der Waals surface area contributed by atoms with Crippen molar-refractivity contribution in [2.45, 2.75) is 48.9 Å². The first-order valence-corrected chi connectivity index (χ1v) is 11.7. The van der Waals surface area contributed by atoms with Gasteiger partial charge >= 0.3 is 6.18 Å². The van der Waals surface area contributed by atoms with E-state index in [9.17, 15) is 26.4 Å². The third kappa shape index (κ3) is 5.40. The molecule has 1 aromatic carbocycles. The molecule has 1 aliphatic rings. The van der Waals surface area contributed by atoms with Crippen molar-refractivity contribution in [1.82, 2.24) is 10.3 Å². The molecule has 1 heterocycles. The second-order valence-electron chi connectivity index (χ2n) is 8.35. The first-order valence-electron chi connectivity index (χ1n) is 10.1. The summed E-state index contributed by atoms with van der Waals surface area (Å²) in [5.41, 5.74) is -0.886. The Hall–Kier alpha value is -2.62. The first kappa shape index (κ1) is 24.0. The molecule has 32 heavy (non-hydrogen) atoms. The van der Waals surface area contributed by atoms with Crippen LogP contribution in [0.25, 0.3) is 0 Å². The average molecular weight is 471 g/mol. The van der Waals surface area contributed by atoms with Crippen LogP contribution in [0.15, 0.2) is 47.5 Å². The predicted octanol–water partition coefficient (Wildman–Crippen LogP) is 4.26. The molecule has 10 heteroatoms. The maximum Gasteiger partial charge on any atom is 0.416 e. The topological polar surface area (TPSA) is 85.4 Å². The fourth-order valence-corrected chi connectivity index (χ4v) is 5.68. The molecule has 1 aromatic heterocycles. The molecule has 3 rings (SSSR count). The van der Waals surface area contributed by atoms with Gasteiger partial charge in [0.25, 0.3) is 5.91 Å². The summed E-state index contributed by atoms with van der Waals surface area (Å²) in [6, 6.07) is 6.98. The molecule has 0 aliphatic heterocycles. The van der Waals surface area contributed by atoms with E-state index in [0.29, 0.717) is 49.7 Å². The summed E-state index contributed by atoms with van der Waals surface area (Å²) in [5.74, 6) is 0.0369. The number of ether oxygens (including phenoxy) is 1. The van der Waals surface area contributed by atoms with Gasteiger partial charge in [0, 0.05) is 24.4 Å². The van der Waals surface area contributed by atoms with Gasteiger partial charge in [-0.2, -0.15) is 13.2 Å². The number of alkyl halides is 3. The monoisotopic (exact) mass is 470 g/mol. The fraction of sp³-hybridized carbons (Fsp3) is 0.455. The Balaban J connectivity index is 1.63. The number of halogens is 3. The normalized spacial score (nSPS) is 21.7. The molecule has 0 radical (unpaired) electrons. The maximum atomic E-state index is 13.0. The SMILES string of the molecule is COc1cc(C(=O)NCC2(C)CCC(S(=O)(=O)c3cccc(C(F)(F)F)c3)CC2)ccn1. The van der Waals surface area contributed by atoms with Crippen LogP contribution in [-0.2, 0) is 16.0 Å². The highest BCUT2D eigenvalue weighted by Gasteiger charge is 2.39. The van der Waals surface area contributed by atoms with Gasteiger partial charge in [0.1, 0.15) is 0 Å². The third-order valence-electron chi connectivity index (χ3n) is 5.95. The van der Waals surface area contributed by atoms with E-state index in [1.165, 1.54) is 25.4 Å². The standard InChI is InChI=1S/C22H25F3N2O4S/c1-21(14-27-20(28)15-8-11-26-19(12-15)31-2)9-6-17(7-10-21)32(29,30)18-5-3-4-16(13-18)22(23,24)25/h3-5,8,11-13,17H,6-7,9-10,14H2,1-2H3,(H,27,28). The lowest BCUT2D eigenvalue weighted by Gasteiger charge is -2.37. The Bertz CT molecular complexity index is 1080. The Kier molecular flexibility index (Phi) is 6.83. The Morgan fingerprint density at radius 2 is 1.91 bits per heavy atom. The van der Waals surface area contributed by atoms with Crippen molar-refractivity contribution >= 4 is 15.7 Å². The van der Waals surface area contributed by atoms with Crippen LogP contribution in [0.1, 0.15) is 48.5 Å². The second kappa shape index (κ2) is 9.09. The van der Waals surface area contributed by atoms with Crippen molar-refractivity contribution in [3.63, 3.8) is 0 Å². The molecule has 0 spiro atoms. The summed E-state index contributed by atoms with van der Waals surface area (Å²) < 4.78 is 69.8. The van der Waals surface area contributed by atoms with Crippen LogP contribution in [0.2, 0.25) is 0 Å². The van der Waals surface area contributed by atoms with Gasteiger partial charge in [-0.15, -0.1) is 0 Å². The molecule has 1 aliphatic carbocycles. The van der Waals surface area contributed by atoms with E-state index in [-0.39, 0.29) is 16.2 Å². The van der Waals surface area contributed by atoms with Crippen LogP contribution in [0, 0.1) is 5.41 Å². The van der Waals surface area contributed by atoms with Crippen molar-refractivity contribution in [3.8, 4) is 5.88 Å². The summed E-state index contributed by atoms with van der Waals surface area (Å²) >= 11 is 0. The number of nitrogens with zero attached hydrogens (tertiary/aromatic N) is 1. The van der Waals surface area contributed by atoms with Gasteiger partial charge in [-0.1, -0.05) is 13.0 Å². The quantitative estimate of drug-likeness (QED) is 0.682. The van der Waals surface area contributed by atoms with Crippen LogP contribution in [0.5, 0.6) is 5.88 Å². The lowest BCUT2D eigenvalue weighted by atomic mass is 9.75. The van der Waals surface area contributed by atoms with Crippen molar-refractivity contribution in [2.75, 3.05) is 13.7 Å². The molecule has 6 nitrogen and oxygen atoms in total. The van der Waals surface area contributed by atoms with E-state index in [2.05, 4.69) is 10.3 Å². The summed E-state index contributed by atoms with van der Waals surface area (Å²) in [7, 11) is -2.43. The van der Waals surface area contributed by atoms with E-state index >= 15 is 0 Å². The number of nitrogens with one attached hydrogen (secondary N) is 1. The van der Waals surface area contributed by atoms with Gasteiger partial charge in [-0.25, -0.2) is 13.4 Å². The Morgan fingerprint density at radius 1 is 1.22 bits per heavy atom. The summed E-state index contributed by atoms with van der Waals surface area (Å²) in [5, 5.41) is 2.12. The highest BCUT2D eigenvalue weighted by Crippen LogP contribution is 2.40. The van der Waals surface area contributed by atoms with Gasteiger partial charge < -0.3 is 10.1 Å². The predicted molar refractivity (Wildman–Crippen MR) is 112 cm³/mol. The molecule has 1 N–H and O–H groups in total. The van der Waals surface area contributed by atoms with Gasteiger partial charge in [-0.05, 0) is 55.4 Å². The number of carbonyl (C=O) groups is 1. The minimum absolute atomic E-state index is 0.286. The number of benzene rings is 1. The number of rotatable bonds is 6. The van der Waals surface area contributed by atoms with Crippen LogP contribution in [-0.4, -0.2) is 38.2 Å². The van der Waals surface area contributed by atoms with E-state index in [0.717, 1.165) is 12.1 Å². The molecule has 1 amide bonds. The fourth-order valence-electron chi connectivity index (χ4n) is 3.88. The van der Waals surface area contributed by atoms with Crippen LogP contribution in [0.4, 0.5) is 13.2 Å². The highest BCUT2D eigenvalue weighted by molar-refractivity contribution is 7.92. The zero-order valence-corrected chi connectivity index (χ0v) is 18.6. The lowest BCUT2D eigenvalue weighted by Crippen LogP contribution is -2.40. The molecular weight excluding hydrogens is 445 g/mol. The number of hydrogen-bond donors (Lipinski definition) is 1. The third-order valence-corrected chi connectivity index (χ3v) is 8.21. The minimum Gasteiger partial charge on any atom is -0.481 e. The first-order chi connectivity index (χ1) is 14.9. The summed E-state index contributed by atoms with van der Waals surface area (Å²) in [6.45, 7) is 2.32. The molecule has 0 bridgehead atoms. The lowest BCUT2D eigenvalue weighted by molar-refractivity contribution is -0.137. The van der Waals surface area contributed by atoms with Crippen LogP contribution < -0.4 is 10.1 Å². The van der Waals surface area contributed by atoms with E-state index in [4.69, 9.17) is 4.74 Å². The van der Waals surface area contributed by atoms with Crippen molar-refractivity contribution in [3.05, 3.63) is 53.7 Å². The number of amides is 1. The maximum absolute atomic E-state index is 13.0. The molecule has 2 aromatic rings. The number of hydrogen-bond acceptors (Lipinski definition) is 5. The molecule has 1 fully saturated rings. The molecule has 0 unspecified atom stereocenters. The van der Waals surface area contributed by atoms with Gasteiger partial charge in [-0.3, -0.25) is 4.79 Å². The second-order valence-corrected chi connectivity index (χ2v) is 10.6. The van der Waals surface area contributed by atoms with Crippen molar-refractivity contribution in [1.29, 1.82) is 0 Å². The minimum atomic E-state index is -4.60. The zero-order chi connectivity index (χ0) is 23.6. The Morgan fingerprint density at radius 3 is 2.53 bits per heavy atom. The van der Waals surface area contributed by atoms with E-state index in [1.54, 1.807) is 6.07 Å². The van der Waals surface area contributed by atoms with Crippen molar-refractivity contribution < 1.29 is 31.1 Å². The van der Waals surface area contributed by atoms with E-state index in [1.807, 2.05) is 6.92 Å². The molecule has 0 saturated heterocycles. The zero-order valence-electron chi connectivity index (χ0n) is 17.8. The number of aromatic nitrogens is 1. The average Bonchev–Trinajstić information content (AvgIpc) is 2.77. The highest BCUT2D eigenvalue weighted by atomic mass is 32.2. The summed E-state index contributed by atoms with van der Waals surface area (Å²) in [6.07, 6.45) is -1.46. The largest absolute Gasteiger partial charge is 0.481 e. The molecular formula is C22H25F3N2O4S. The Labute approximate surface area is 185 Å². The molecule has 174 valence electrons. The summed E-state index contributed by atoms with van der Waals surface area (Å²) in [4.78, 5) is 16.1. The van der Waals surface area contributed by atoms with Gasteiger partial charge in [0.05, 0.1) is 22.8 Å².